The fraction of sp³-hybridized carbons (Fsp3) is 1.00. The molecule has 9 nitrogen and oxygen atoms in total. The van der Waals surface area contributed by atoms with Gasteiger partial charge in [0.15, 0.2) is 18.0 Å². The Hall–Kier alpha value is 0.624. The Morgan fingerprint density at radius 2 is 0.632 bits per heavy atom. The van der Waals surface area contributed by atoms with Gasteiger partial charge in [-0.2, -0.15) is 0 Å². The fourth-order valence-electron chi connectivity index (χ4n) is 0. The second-order valence-corrected chi connectivity index (χ2v) is 6.00. The van der Waals surface area contributed by atoms with Gasteiger partial charge < -0.3 is 13.7 Å². The van der Waals surface area contributed by atoms with Crippen LogP contribution in [0.1, 0.15) is 0 Å². The number of rotatable bonds is 3. The van der Waals surface area contributed by atoms with Gasteiger partial charge >= 0.3 is 32.7 Å². The molecule has 0 aromatic heterocycles. The van der Waals surface area contributed by atoms with E-state index in [0.717, 1.165) is 0 Å². The monoisotopic (exact) mass is 428 g/mol. The summed E-state index contributed by atoms with van der Waals surface area (Å²) in [6, 6.07) is -5.44. The molecule has 0 fully saturated rings. The van der Waals surface area contributed by atoms with Crippen molar-refractivity contribution < 1.29 is 84.8 Å². The second kappa shape index (κ2) is 12.4. The van der Waals surface area contributed by atoms with Crippen LogP contribution in [-0.4, -0.2) is 56.9 Å². The molecule has 0 aliphatic heterocycles. The Morgan fingerprint density at radius 1 is 0.579 bits per heavy atom. The van der Waals surface area contributed by atoms with Gasteiger partial charge in [-0.3, -0.25) is 0 Å². The van der Waals surface area contributed by atoms with E-state index in [-0.39, 0.29) is 32.7 Å². The molecule has 0 amide bonds. The molecular weight excluding hydrogens is 422 g/mol. The Balaban J connectivity index is -0.0000000865. The van der Waals surface area contributed by atoms with E-state index in [1.54, 1.807) is 0 Å². The quantitative estimate of drug-likeness (QED) is 0.479. The van der Waals surface area contributed by atoms with E-state index in [4.69, 9.17) is 38.9 Å². The van der Waals surface area contributed by atoms with Crippen LogP contribution in [0.2, 0.25) is 0 Å². The summed E-state index contributed by atoms with van der Waals surface area (Å²) in [6.07, 6.45) is 0. The summed E-state index contributed by atoms with van der Waals surface area (Å²) in [4.78, 5) is 0. The number of halogens is 3. The Kier molecular flexibility index (Phi) is 18.2. The molecule has 0 heterocycles. The fourth-order valence-corrected chi connectivity index (χ4v) is 0. The van der Waals surface area contributed by atoms with Crippen LogP contribution >= 0.6 is 0 Å². The third-order valence-electron chi connectivity index (χ3n) is 0.401. The maximum absolute atomic E-state index is 10.6. The van der Waals surface area contributed by atoms with E-state index in [2.05, 4.69) is 0 Å². The minimum atomic E-state index is -4.58. The predicted molar refractivity (Wildman–Crippen MR) is 47.0 cm³/mol. The zero-order valence-electron chi connectivity index (χ0n) is 8.73. The molecule has 16 heteroatoms. The zero-order valence-corrected chi connectivity index (χ0v) is 14.0. The third kappa shape index (κ3) is 55.6. The first-order valence-corrected chi connectivity index (χ1v) is 7.90. The summed E-state index contributed by atoms with van der Waals surface area (Å²) < 4.78 is 113. The van der Waals surface area contributed by atoms with E-state index in [1.807, 2.05) is 0 Å². The third-order valence-corrected chi connectivity index (χ3v) is 1.20. The van der Waals surface area contributed by atoms with Crippen LogP contribution in [-0.2, 0) is 63.1 Å². The first-order chi connectivity index (χ1) is 7.68. The largest absolute Gasteiger partial charge is 3.00 e. The summed E-state index contributed by atoms with van der Waals surface area (Å²) in [5, 5.41) is 0. The van der Waals surface area contributed by atoms with E-state index in [9.17, 15) is 13.2 Å². The van der Waals surface area contributed by atoms with Crippen LogP contribution in [0.15, 0.2) is 0 Å². The van der Waals surface area contributed by atoms with Gasteiger partial charge in [0, 0.05) is 0 Å². The summed E-state index contributed by atoms with van der Waals surface area (Å²) >= 11 is 0. The van der Waals surface area contributed by atoms with Crippen LogP contribution in [0.3, 0.4) is 0 Å². The molecule has 0 spiro atoms. The van der Waals surface area contributed by atoms with Crippen molar-refractivity contribution in [2.24, 2.45) is 0 Å². The van der Waals surface area contributed by atoms with Crippen molar-refractivity contribution in [1.29, 1.82) is 0 Å². The van der Waals surface area contributed by atoms with Gasteiger partial charge in [0.2, 0.25) is 0 Å². The molecule has 0 saturated carbocycles. The molecule has 19 heavy (non-hydrogen) atoms. The summed E-state index contributed by atoms with van der Waals surface area (Å²) in [7, 11) is -13.7. The second-order valence-electron chi connectivity index (χ2n) is 2.00. The van der Waals surface area contributed by atoms with Crippen molar-refractivity contribution in [3.05, 3.63) is 0 Å². The summed E-state index contributed by atoms with van der Waals surface area (Å²) in [5.41, 5.74) is 0. The molecular formula is C3H6F3O9S3Y. The Morgan fingerprint density at radius 3 is 0.632 bits per heavy atom. The van der Waals surface area contributed by atoms with E-state index in [0.29, 0.717) is 0 Å². The molecule has 0 bridgehead atoms. The Bertz CT molecular complexity index is 420. The number of hydrogen-bond donors (Lipinski definition) is 0. The molecule has 0 aliphatic carbocycles. The molecule has 0 unspecified atom stereocenters. The van der Waals surface area contributed by atoms with Crippen LogP contribution in [0, 0.1) is 0 Å². The number of alkyl halides is 3. The minimum Gasteiger partial charge on any atom is -0.746 e. The maximum Gasteiger partial charge on any atom is 3.00 e. The molecule has 0 aromatic carbocycles. The van der Waals surface area contributed by atoms with Gasteiger partial charge in [-0.05, 0) is 0 Å². The van der Waals surface area contributed by atoms with Crippen LogP contribution in [0.25, 0.3) is 0 Å². The minimum absolute atomic E-state index is 0. The predicted octanol–water partition coefficient (Wildman–Crippen LogP) is -1.63. The van der Waals surface area contributed by atoms with Crippen LogP contribution in [0.4, 0.5) is 13.2 Å². The molecule has 0 rings (SSSR count). The van der Waals surface area contributed by atoms with Gasteiger partial charge in [-0.25, -0.2) is 38.4 Å². The molecule has 0 aliphatic rings. The molecule has 0 aromatic rings. The van der Waals surface area contributed by atoms with Crippen molar-refractivity contribution in [3.8, 4) is 0 Å². The first-order valence-electron chi connectivity index (χ1n) is 3.17. The zero-order chi connectivity index (χ0) is 15.6. The van der Waals surface area contributed by atoms with Gasteiger partial charge in [-0.15, -0.1) is 0 Å². The van der Waals surface area contributed by atoms with E-state index in [1.165, 1.54) is 0 Å². The SMILES string of the molecule is O=S(=O)([O-])CF.O=S(=O)([O-])CF.O=S(=O)([O-])CF.[Y+3]. The van der Waals surface area contributed by atoms with Gasteiger partial charge in [0.25, 0.3) is 0 Å². The molecule has 0 atom stereocenters. The van der Waals surface area contributed by atoms with Crippen molar-refractivity contribution >= 4 is 30.4 Å². The van der Waals surface area contributed by atoms with Crippen molar-refractivity contribution in [2.75, 3.05) is 18.0 Å². The van der Waals surface area contributed by atoms with Crippen molar-refractivity contribution in [1.82, 2.24) is 0 Å². The summed E-state index contributed by atoms with van der Waals surface area (Å²) in [5.74, 6) is 0. The molecule has 114 valence electrons. The van der Waals surface area contributed by atoms with Gasteiger partial charge in [-0.1, -0.05) is 0 Å². The molecule has 0 N–H and O–H groups in total. The van der Waals surface area contributed by atoms with Crippen LogP contribution in [0.5, 0.6) is 0 Å². The normalized spacial score (nSPS) is 11.1. The topological polar surface area (TPSA) is 172 Å². The molecule has 0 saturated heterocycles. The number of hydrogen-bond acceptors (Lipinski definition) is 9. The summed E-state index contributed by atoms with van der Waals surface area (Å²) in [6.45, 7) is 0. The van der Waals surface area contributed by atoms with Crippen molar-refractivity contribution in [2.45, 2.75) is 0 Å². The standard InChI is InChI=1S/3CH3FO3S.Y/c3*2-1-6(3,4)5;/h3*1H2,(H,3,4,5);/q;;;+3/p-3. The molecule has 0 radical (unpaired) electrons. The first kappa shape index (κ1) is 27.9. The van der Waals surface area contributed by atoms with Crippen molar-refractivity contribution in [3.63, 3.8) is 0 Å². The Labute approximate surface area is 132 Å². The van der Waals surface area contributed by atoms with Gasteiger partial charge in [0.1, 0.15) is 30.4 Å². The average Bonchev–Trinajstić information content (AvgIpc) is 2.16. The van der Waals surface area contributed by atoms with Gasteiger partial charge in [0.05, 0.1) is 0 Å². The van der Waals surface area contributed by atoms with E-state index >= 15 is 0 Å². The smallest absolute Gasteiger partial charge is 0.746 e. The average molecular weight is 428 g/mol. The van der Waals surface area contributed by atoms with E-state index < -0.39 is 48.4 Å². The maximum atomic E-state index is 10.6. The van der Waals surface area contributed by atoms with Crippen LogP contribution < -0.4 is 0 Å².